The zero-order chi connectivity index (χ0) is 19.9. The lowest BCUT2D eigenvalue weighted by molar-refractivity contribution is 0.0288. The number of aliphatic hydroxyl groups is 1. The molecular formula is C21H29N5O2. The van der Waals surface area contributed by atoms with Gasteiger partial charge >= 0.3 is 0 Å². The molecule has 1 N–H and O–H groups in total. The fourth-order valence-corrected chi connectivity index (χ4v) is 4.13. The third-order valence-corrected chi connectivity index (χ3v) is 5.52. The molecule has 3 aromatic rings. The summed E-state index contributed by atoms with van der Waals surface area (Å²) in [6.45, 7) is 10.7. The van der Waals surface area contributed by atoms with E-state index in [1.807, 2.05) is 24.0 Å². The normalized spacial score (nSPS) is 17.3. The zero-order valence-electron chi connectivity index (χ0n) is 17.1. The first kappa shape index (κ1) is 19.1. The minimum atomic E-state index is -0.600. The van der Waals surface area contributed by atoms with Crippen molar-refractivity contribution in [1.82, 2.24) is 24.0 Å². The monoisotopic (exact) mass is 383 g/mol. The molecule has 1 aliphatic rings. The fourth-order valence-electron chi connectivity index (χ4n) is 4.13. The quantitative estimate of drug-likeness (QED) is 0.733. The second-order valence-electron chi connectivity index (χ2n) is 8.27. The van der Waals surface area contributed by atoms with Crippen LogP contribution < -0.4 is 0 Å². The number of hydrogen-bond acceptors (Lipinski definition) is 5. The van der Waals surface area contributed by atoms with E-state index in [1.54, 1.807) is 6.92 Å². The maximum atomic E-state index is 9.95. The maximum absolute atomic E-state index is 9.95. The van der Waals surface area contributed by atoms with E-state index in [0.717, 1.165) is 55.4 Å². The summed E-state index contributed by atoms with van der Waals surface area (Å²) in [5.74, 6) is 1.70. The van der Waals surface area contributed by atoms with Gasteiger partial charge in [-0.05, 0) is 25.1 Å². The lowest BCUT2D eigenvalue weighted by atomic mass is 9.91. The number of imidazole rings is 2. The third-order valence-electron chi connectivity index (χ3n) is 5.52. The van der Waals surface area contributed by atoms with Gasteiger partial charge in [0, 0.05) is 50.2 Å². The molecule has 1 saturated heterocycles. The van der Waals surface area contributed by atoms with E-state index in [0.29, 0.717) is 5.82 Å². The predicted molar refractivity (Wildman–Crippen MR) is 109 cm³/mol. The average molecular weight is 383 g/mol. The van der Waals surface area contributed by atoms with Gasteiger partial charge in [0.2, 0.25) is 0 Å². The topological polar surface area (TPSA) is 68.3 Å². The number of fused-ring (bicyclic) bond motifs is 1. The van der Waals surface area contributed by atoms with E-state index in [1.165, 1.54) is 0 Å². The molecule has 0 spiro atoms. The van der Waals surface area contributed by atoms with Crippen LogP contribution in [0.1, 0.15) is 38.5 Å². The van der Waals surface area contributed by atoms with E-state index >= 15 is 0 Å². The van der Waals surface area contributed by atoms with Crippen molar-refractivity contribution in [2.24, 2.45) is 7.05 Å². The van der Waals surface area contributed by atoms with Crippen LogP contribution in [0.5, 0.6) is 0 Å². The molecule has 3 heterocycles. The lowest BCUT2D eigenvalue weighted by Gasteiger charge is -2.34. The first-order valence-electron chi connectivity index (χ1n) is 9.85. The number of rotatable bonds is 5. The highest BCUT2D eigenvalue weighted by Gasteiger charge is 2.29. The SMILES string of the molecule is CC(O)c1nc2cc(-n3ccnc3C(C)(C)CN3CCOCC3)ccc2n1C. The minimum absolute atomic E-state index is 0.106. The van der Waals surface area contributed by atoms with Crippen molar-refractivity contribution >= 4 is 11.0 Å². The van der Waals surface area contributed by atoms with Crippen molar-refractivity contribution in [3.63, 3.8) is 0 Å². The highest BCUT2D eigenvalue weighted by Crippen LogP contribution is 2.28. The highest BCUT2D eigenvalue weighted by molar-refractivity contribution is 5.78. The van der Waals surface area contributed by atoms with E-state index in [2.05, 4.69) is 46.5 Å². The number of ether oxygens (including phenoxy) is 1. The van der Waals surface area contributed by atoms with Crippen molar-refractivity contribution in [2.75, 3.05) is 32.8 Å². The molecule has 0 saturated carbocycles. The zero-order valence-corrected chi connectivity index (χ0v) is 17.1. The summed E-state index contributed by atoms with van der Waals surface area (Å²) in [5, 5.41) is 9.95. The highest BCUT2D eigenvalue weighted by atomic mass is 16.5. The molecule has 0 bridgehead atoms. The summed E-state index contributed by atoms with van der Waals surface area (Å²) in [4.78, 5) is 11.8. The second kappa shape index (κ2) is 7.31. The van der Waals surface area contributed by atoms with Crippen LogP contribution in [0.3, 0.4) is 0 Å². The van der Waals surface area contributed by atoms with Crippen molar-refractivity contribution in [1.29, 1.82) is 0 Å². The van der Waals surface area contributed by atoms with Gasteiger partial charge in [-0.15, -0.1) is 0 Å². The molecule has 0 radical (unpaired) electrons. The molecule has 28 heavy (non-hydrogen) atoms. The number of aryl methyl sites for hydroxylation is 1. The molecular weight excluding hydrogens is 354 g/mol. The van der Waals surface area contributed by atoms with Crippen LogP contribution in [0.25, 0.3) is 16.7 Å². The molecule has 1 atom stereocenters. The van der Waals surface area contributed by atoms with E-state index < -0.39 is 6.10 Å². The van der Waals surface area contributed by atoms with Gasteiger partial charge in [-0.3, -0.25) is 4.90 Å². The second-order valence-corrected chi connectivity index (χ2v) is 8.27. The van der Waals surface area contributed by atoms with Crippen LogP contribution in [0.2, 0.25) is 0 Å². The third kappa shape index (κ3) is 3.45. The van der Waals surface area contributed by atoms with E-state index in [-0.39, 0.29) is 5.41 Å². The van der Waals surface area contributed by atoms with Gasteiger partial charge in [0.25, 0.3) is 0 Å². The lowest BCUT2D eigenvalue weighted by Crippen LogP contribution is -2.44. The van der Waals surface area contributed by atoms with Gasteiger partial charge in [0.1, 0.15) is 17.8 Å². The van der Waals surface area contributed by atoms with Crippen molar-refractivity contribution in [3.05, 3.63) is 42.2 Å². The Morgan fingerprint density at radius 3 is 2.71 bits per heavy atom. The van der Waals surface area contributed by atoms with Gasteiger partial charge in [-0.25, -0.2) is 9.97 Å². The molecule has 1 fully saturated rings. The molecule has 1 aliphatic heterocycles. The first-order valence-corrected chi connectivity index (χ1v) is 9.85. The molecule has 7 nitrogen and oxygen atoms in total. The summed E-state index contributed by atoms with van der Waals surface area (Å²) in [5.41, 5.74) is 2.81. The van der Waals surface area contributed by atoms with Gasteiger partial charge in [-0.1, -0.05) is 13.8 Å². The van der Waals surface area contributed by atoms with Crippen LogP contribution in [-0.2, 0) is 17.2 Å². The number of aromatic nitrogens is 4. The Labute approximate surface area is 165 Å². The van der Waals surface area contributed by atoms with Gasteiger partial charge in [0.15, 0.2) is 0 Å². The molecule has 0 aliphatic carbocycles. The standard InChI is InChI=1S/C21H29N5O2/c1-15(27)19-23-17-13-16(5-6-18(17)24(19)4)26-8-7-22-20(26)21(2,3)14-25-9-11-28-12-10-25/h5-8,13,15,27H,9-12,14H2,1-4H3. The first-order chi connectivity index (χ1) is 13.4. The number of morpholine rings is 1. The Balaban J connectivity index is 1.68. The van der Waals surface area contributed by atoms with Crippen LogP contribution in [-0.4, -0.2) is 62.0 Å². The van der Waals surface area contributed by atoms with E-state index in [4.69, 9.17) is 9.72 Å². The fraction of sp³-hybridized carbons (Fsp3) is 0.524. The smallest absolute Gasteiger partial charge is 0.138 e. The summed E-state index contributed by atoms with van der Waals surface area (Å²) < 4.78 is 9.57. The van der Waals surface area contributed by atoms with Gasteiger partial charge in [-0.2, -0.15) is 0 Å². The molecule has 0 amide bonds. The van der Waals surface area contributed by atoms with Crippen molar-refractivity contribution in [2.45, 2.75) is 32.3 Å². The largest absolute Gasteiger partial charge is 0.385 e. The predicted octanol–water partition coefficient (Wildman–Crippen LogP) is 2.42. The van der Waals surface area contributed by atoms with Crippen molar-refractivity contribution < 1.29 is 9.84 Å². The Bertz CT molecular complexity index is 966. The molecule has 1 aromatic carbocycles. The Hall–Kier alpha value is -2.22. The Kier molecular flexibility index (Phi) is 4.99. The van der Waals surface area contributed by atoms with Gasteiger partial charge in [0.05, 0.1) is 24.2 Å². The van der Waals surface area contributed by atoms with Gasteiger partial charge < -0.3 is 19.0 Å². The minimum Gasteiger partial charge on any atom is -0.385 e. The van der Waals surface area contributed by atoms with Crippen molar-refractivity contribution in [3.8, 4) is 5.69 Å². The number of aliphatic hydroxyl groups excluding tert-OH is 1. The summed E-state index contributed by atoms with van der Waals surface area (Å²) in [7, 11) is 1.94. The molecule has 4 rings (SSSR count). The Morgan fingerprint density at radius 2 is 2.00 bits per heavy atom. The summed E-state index contributed by atoms with van der Waals surface area (Å²) >= 11 is 0. The maximum Gasteiger partial charge on any atom is 0.138 e. The summed E-state index contributed by atoms with van der Waals surface area (Å²) in [6.07, 6.45) is 3.27. The average Bonchev–Trinajstić information content (AvgIpc) is 3.28. The molecule has 7 heteroatoms. The molecule has 150 valence electrons. The summed E-state index contributed by atoms with van der Waals surface area (Å²) in [6, 6.07) is 6.21. The van der Waals surface area contributed by atoms with E-state index in [9.17, 15) is 5.11 Å². The number of hydrogen-bond donors (Lipinski definition) is 1. The Morgan fingerprint density at radius 1 is 1.25 bits per heavy atom. The number of benzene rings is 1. The van der Waals surface area contributed by atoms with Crippen LogP contribution in [0.4, 0.5) is 0 Å². The molecule has 2 aromatic heterocycles. The van der Waals surface area contributed by atoms with Crippen LogP contribution in [0, 0.1) is 0 Å². The van der Waals surface area contributed by atoms with Crippen LogP contribution >= 0.6 is 0 Å². The molecule has 1 unspecified atom stereocenters. The number of nitrogens with zero attached hydrogens (tertiary/aromatic N) is 5. The van der Waals surface area contributed by atoms with Crippen LogP contribution in [0.15, 0.2) is 30.6 Å².